The van der Waals surface area contributed by atoms with Gasteiger partial charge in [0.2, 0.25) is 11.9 Å². The van der Waals surface area contributed by atoms with Crippen LogP contribution in [0.25, 0.3) is 0 Å². The van der Waals surface area contributed by atoms with Crippen molar-refractivity contribution in [1.82, 2.24) is 15.0 Å². The molecule has 4 rings (SSSR count). The van der Waals surface area contributed by atoms with E-state index in [9.17, 15) is 0 Å². The predicted octanol–water partition coefficient (Wildman–Crippen LogP) is 5.42. The van der Waals surface area contributed by atoms with Crippen LogP contribution in [0.4, 0.5) is 11.9 Å². The lowest BCUT2D eigenvalue weighted by Gasteiger charge is -2.34. The maximum absolute atomic E-state index is 4.93. The third-order valence-corrected chi connectivity index (χ3v) is 5.92. The van der Waals surface area contributed by atoms with Crippen molar-refractivity contribution >= 4 is 11.9 Å². The average molecular weight is 388 g/mol. The quantitative estimate of drug-likeness (QED) is 0.747. The van der Waals surface area contributed by atoms with E-state index in [2.05, 4.69) is 65.6 Å². The van der Waals surface area contributed by atoms with Crippen LogP contribution in [-0.2, 0) is 5.41 Å². The zero-order chi connectivity index (χ0) is 20.7. The van der Waals surface area contributed by atoms with E-state index in [4.69, 9.17) is 15.0 Å². The van der Waals surface area contributed by atoms with Crippen LogP contribution in [-0.4, -0.2) is 33.6 Å². The van der Waals surface area contributed by atoms with Crippen molar-refractivity contribution in [2.24, 2.45) is 17.3 Å². The number of nitrogens with zero attached hydrogens (tertiary/aromatic N) is 4. The van der Waals surface area contributed by atoms with Gasteiger partial charge in [0.1, 0.15) is 5.82 Å². The Hall–Kier alpha value is -1.39. The minimum atomic E-state index is -0.104. The van der Waals surface area contributed by atoms with Gasteiger partial charge in [0.25, 0.3) is 0 Å². The highest BCUT2D eigenvalue weighted by Crippen LogP contribution is 2.36. The third kappa shape index (κ3) is 5.57. The number of anilines is 2. The summed E-state index contributed by atoms with van der Waals surface area (Å²) in [7, 11) is 0. The van der Waals surface area contributed by atoms with E-state index in [0.29, 0.717) is 0 Å². The highest BCUT2D eigenvalue weighted by atomic mass is 15.3. The fourth-order valence-electron chi connectivity index (χ4n) is 5.03. The Morgan fingerprint density at radius 1 is 0.821 bits per heavy atom. The van der Waals surface area contributed by atoms with Gasteiger partial charge in [-0.1, -0.05) is 41.5 Å². The van der Waals surface area contributed by atoms with Crippen molar-refractivity contribution in [2.75, 3.05) is 23.3 Å². The summed E-state index contributed by atoms with van der Waals surface area (Å²) in [5.74, 6) is 4.06. The molecule has 1 aromatic heterocycles. The third-order valence-electron chi connectivity index (χ3n) is 5.92. The van der Waals surface area contributed by atoms with Crippen molar-refractivity contribution in [1.29, 1.82) is 0 Å². The number of nitrogens with one attached hydrogen (secondary N) is 1. The van der Waals surface area contributed by atoms with Crippen LogP contribution in [0, 0.1) is 17.3 Å². The van der Waals surface area contributed by atoms with Crippen LogP contribution in [0.3, 0.4) is 0 Å². The number of aromatic nitrogens is 3. The zero-order valence-corrected chi connectivity index (χ0v) is 19.4. The molecule has 2 aliphatic heterocycles. The summed E-state index contributed by atoms with van der Waals surface area (Å²) in [4.78, 5) is 17.1. The van der Waals surface area contributed by atoms with Crippen LogP contribution in [0.5, 0.6) is 0 Å². The number of hydrogen-bond acceptors (Lipinski definition) is 5. The Labute approximate surface area is 172 Å². The monoisotopic (exact) mass is 387 g/mol. The molecule has 2 saturated heterocycles. The molecule has 1 aliphatic carbocycles. The van der Waals surface area contributed by atoms with E-state index >= 15 is 0 Å². The summed E-state index contributed by atoms with van der Waals surface area (Å²) in [6, 6.07) is 0. The number of rotatable bonds is 4. The van der Waals surface area contributed by atoms with Gasteiger partial charge >= 0.3 is 0 Å². The lowest BCUT2D eigenvalue weighted by molar-refractivity contribution is 0.301. The second kappa shape index (κ2) is 7.46. The minimum Gasteiger partial charge on any atom is -0.349 e. The van der Waals surface area contributed by atoms with Crippen molar-refractivity contribution in [3.05, 3.63) is 5.82 Å². The highest BCUT2D eigenvalue weighted by molar-refractivity contribution is 5.40. The highest BCUT2D eigenvalue weighted by Gasteiger charge is 2.32. The minimum absolute atomic E-state index is 0.0795. The Bertz CT molecular complexity index is 661. The molecule has 3 fully saturated rings. The standard InChI is InChI=1S/C23H41N5/c1-21(2,3)15-23(7,8)27-19-24-18(22(4,5)6)25-20(26-19)28-13-16-9-10-17(14-28)12-11-16/h16-17H,9-15H2,1-8H3,(H,24,25,26,27). The molecular formula is C23H41N5. The number of hydrogen-bond donors (Lipinski definition) is 1. The Morgan fingerprint density at radius 2 is 1.36 bits per heavy atom. The predicted molar refractivity (Wildman–Crippen MR) is 118 cm³/mol. The van der Waals surface area contributed by atoms with Gasteiger partial charge in [-0.2, -0.15) is 15.0 Å². The summed E-state index contributed by atoms with van der Waals surface area (Å²) in [5.41, 5.74) is 0.0557. The Balaban J connectivity index is 1.91. The molecule has 0 atom stereocenters. The maximum Gasteiger partial charge on any atom is 0.230 e. The van der Waals surface area contributed by atoms with E-state index < -0.39 is 0 Å². The molecule has 3 aliphatic rings. The molecule has 0 aromatic carbocycles. The molecule has 0 spiro atoms. The van der Waals surface area contributed by atoms with Gasteiger partial charge in [-0.05, 0) is 63.2 Å². The first kappa shape index (κ1) is 21.3. The first-order chi connectivity index (χ1) is 12.8. The van der Waals surface area contributed by atoms with E-state index in [1.54, 1.807) is 0 Å². The molecule has 5 heteroatoms. The van der Waals surface area contributed by atoms with E-state index in [1.807, 2.05) is 0 Å². The summed E-state index contributed by atoms with van der Waals surface area (Å²) in [5, 5.41) is 3.63. The molecule has 3 heterocycles. The van der Waals surface area contributed by atoms with Crippen molar-refractivity contribution < 1.29 is 0 Å². The first-order valence-electron chi connectivity index (χ1n) is 11.1. The summed E-state index contributed by atoms with van der Waals surface area (Å²) < 4.78 is 0. The van der Waals surface area contributed by atoms with Crippen LogP contribution in [0.1, 0.15) is 93.3 Å². The molecule has 28 heavy (non-hydrogen) atoms. The largest absolute Gasteiger partial charge is 0.349 e. The van der Waals surface area contributed by atoms with E-state index in [1.165, 1.54) is 25.7 Å². The molecule has 0 radical (unpaired) electrons. The Morgan fingerprint density at radius 3 is 1.82 bits per heavy atom. The maximum atomic E-state index is 4.93. The topological polar surface area (TPSA) is 53.9 Å². The smallest absolute Gasteiger partial charge is 0.230 e. The van der Waals surface area contributed by atoms with Crippen LogP contribution < -0.4 is 10.2 Å². The molecule has 1 saturated carbocycles. The molecule has 2 bridgehead atoms. The van der Waals surface area contributed by atoms with E-state index in [-0.39, 0.29) is 16.4 Å². The molecule has 5 nitrogen and oxygen atoms in total. The number of fused-ring (bicyclic) bond motifs is 4. The van der Waals surface area contributed by atoms with Crippen LogP contribution >= 0.6 is 0 Å². The van der Waals surface area contributed by atoms with Gasteiger partial charge < -0.3 is 10.2 Å². The van der Waals surface area contributed by atoms with Crippen LogP contribution in [0.2, 0.25) is 0 Å². The molecule has 0 unspecified atom stereocenters. The Kier molecular flexibility index (Phi) is 5.68. The SMILES string of the molecule is CC(C)(C)CC(C)(C)Nc1nc(N2CC3CCC(CC3)C2)nc(C(C)(C)C)n1. The van der Waals surface area contributed by atoms with Gasteiger partial charge in [-0.25, -0.2) is 0 Å². The van der Waals surface area contributed by atoms with Gasteiger partial charge in [0.15, 0.2) is 0 Å². The lowest BCUT2D eigenvalue weighted by Crippen LogP contribution is -2.37. The van der Waals surface area contributed by atoms with Crippen molar-refractivity contribution in [3.8, 4) is 0 Å². The van der Waals surface area contributed by atoms with Gasteiger partial charge in [-0.3, -0.25) is 0 Å². The second-order valence-electron chi connectivity index (χ2n) is 12.1. The van der Waals surface area contributed by atoms with Crippen molar-refractivity contribution in [3.63, 3.8) is 0 Å². The van der Waals surface area contributed by atoms with Crippen LogP contribution in [0.15, 0.2) is 0 Å². The average Bonchev–Trinajstić information content (AvgIpc) is 2.84. The fraction of sp³-hybridized carbons (Fsp3) is 0.870. The summed E-state index contributed by atoms with van der Waals surface area (Å²) in [6.45, 7) is 20.1. The zero-order valence-electron chi connectivity index (χ0n) is 19.4. The van der Waals surface area contributed by atoms with Crippen molar-refractivity contribution in [2.45, 2.75) is 98.4 Å². The molecule has 1 aromatic rings. The lowest BCUT2D eigenvalue weighted by atomic mass is 9.82. The fourth-order valence-corrected chi connectivity index (χ4v) is 5.03. The summed E-state index contributed by atoms with van der Waals surface area (Å²) in [6.07, 6.45) is 6.49. The second-order valence-corrected chi connectivity index (χ2v) is 12.1. The molecular weight excluding hydrogens is 346 g/mol. The van der Waals surface area contributed by atoms with Gasteiger partial charge in [0, 0.05) is 24.0 Å². The van der Waals surface area contributed by atoms with Gasteiger partial charge in [0.05, 0.1) is 0 Å². The van der Waals surface area contributed by atoms with Gasteiger partial charge in [-0.15, -0.1) is 0 Å². The molecule has 158 valence electrons. The molecule has 1 N–H and O–H groups in total. The first-order valence-corrected chi connectivity index (χ1v) is 11.1. The summed E-state index contributed by atoms with van der Waals surface area (Å²) >= 11 is 0. The normalized spacial score (nSPS) is 23.6. The molecule has 0 amide bonds. The van der Waals surface area contributed by atoms with E-state index in [0.717, 1.165) is 49.1 Å².